The van der Waals surface area contributed by atoms with Crippen molar-refractivity contribution < 1.29 is 4.39 Å². The molecule has 0 radical (unpaired) electrons. The first-order chi connectivity index (χ1) is 5.22. The fourth-order valence-electron chi connectivity index (χ4n) is 0.951. The summed E-state index contributed by atoms with van der Waals surface area (Å²) in [6.07, 6.45) is 1.82. The van der Waals surface area contributed by atoms with Gasteiger partial charge in [0.05, 0.1) is 6.67 Å². The Kier molecular flexibility index (Phi) is 6.52. The van der Waals surface area contributed by atoms with E-state index in [9.17, 15) is 4.39 Å². The molecule has 0 bridgehead atoms. The number of hydrogen-bond acceptors (Lipinski definition) is 1. The van der Waals surface area contributed by atoms with Gasteiger partial charge in [0, 0.05) is 6.04 Å². The molecule has 2 unspecified atom stereocenters. The predicted octanol–water partition coefficient (Wildman–Crippen LogP) is 2.37. The highest BCUT2D eigenvalue weighted by Crippen LogP contribution is 2.05. The molecule has 0 rings (SSSR count). The van der Waals surface area contributed by atoms with Crippen LogP contribution in [0.1, 0.15) is 33.6 Å². The van der Waals surface area contributed by atoms with Crippen LogP contribution in [0.15, 0.2) is 0 Å². The average molecular weight is 161 g/mol. The molecular formula is C9H20FN. The average Bonchev–Trinajstić information content (AvgIpc) is 2.03. The molecule has 0 heterocycles. The van der Waals surface area contributed by atoms with E-state index in [1.54, 1.807) is 0 Å². The molecule has 0 aromatic heterocycles. The van der Waals surface area contributed by atoms with Crippen molar-refractivity contribution in [3.05, 3.63) is 0 Å². The fourth-order valence-corrected chi connectivity index (χ4v) is 0.951. The summed E-state index contributed by atoms with van der Waals surface area (Å²) in [7, 11) is 0. The number of nitrogens with one attached hydrogen (secondary N) is 1. The van der Waals surface area contributed by atoms with Crippen LogP contribution in [-0.4, -0.2) is 19.3 Å². The number of halogens is 1. The zero-order chi connectivity index (χ0) is 8.69. The topological polar surface area (TPSA) is 12.0 Å². The minimum Gasteiger partial charge on any atom is -0.314 e. The molecule has 0 aliphatic rings. The van der Waals surface area contributed by atoms with Gasteiger partial charge in [0.1, 0.15) is 0 Å². The molecule has 68 valence electrons. The SMILES string of the molecule is CCC(C)C(C)NCCCF. The lowest BCUT2D eigenvalue weighted by Gasteiger charge is -2.19. The van der Waals surface area contributed by atoms with Gasteiger partial charge in [-0.3, -0.25) is 4.39 Å². The lowest BCUT2D eigenvalue weighted by Crippen LogP contribution is -2.32. The lowest BCUT2D eigenvalue weighted by molar-refractivity contribution is 0.374. The third kappa shape index (κ3) is 5.19. The van der Waals surface area contributed by atoms with Crippen LogP contribution in [0.3, 0.4) is 0 Å². The molecule has 0 aliphatic carbocycles. The quantitative estimate of drug-likeness (QED) is 0.590. The number of hydrogen-bond donors (Lipinski definition) is 1. The van der Waals surface area contributed by atoms with E-state index < -0.39 is 0 Å². The maximum absolute atomic E-state index is 11.7. The van der Waals surface area contributed by atoms with Gasteiger partial charge in [0.15, 0.2) is 0 Å². The van der Waals surface area contributed by atoms with E-state index in [0.29, 0.717) is 18.4 Å². The molecule has 11 heavy (non-hydrogen) atoms. The van der Waals surface area contributed by atoms with Crippen LogP contribution in [0.2, 0.25) is 0 Å². The highest BCUT2D eigenvalue weighted by atomic mass is 19.1. The molecule has 0 amide bonds. The summed E-state index contributed by atoms with van der Waals surface area (Å²) in [5.74, 6) is 0.689. The van der Waals surface area contributed by atoms with Crippen LogP contribution < -0.4 is 5.32 Å². The summed E-state index contributed by atoms with van der Waals surface area (Å²) in [6.45, 7) is 7.15. The molecule has 0 fully saturated rings. The van der Waals surface area contributed by atoms with Gasteiger partial charge >= 0.3 is 0 Å². The van der Waals surface area contributed by atoms with Crippen molar-refractivity contribution in [2.45, 2.75) is 39.7 Å². The van der Waals surface area contributed by atoms with E-state index in [1.165, 1.54) is 6.42 Å². The molecule has 0 aromatic rings. The van der Waals surface area contributed by atoms with Gasteiger partial charge in [-0.15, -0.1) is 0 Å². The van der Waals surface area contributed by atoms with Crippen molar-refractivity contribution in [2.24, 2.45) is 5.92 Å². The summed E-state index contributed by atoms with van der Waals surface area (Å²) in [4.78, 5) is 0. The van der Waals surface area contributed by atoms with Crippen LogP contribution in [0.4, 0.5) is 4.39 Å². The van der Waals surface area contributed by atoms with Gasteiger partial charge in [-0.2, -0.15) is 0 Å². The van der Waals surface area contributed by atoms with Gasteiger partial charge in [-0.25, -0.2) is 0 Å². The first-order valence-electron chi connectivity index (χ1n) is 4.51. The summed E-state index contributed by atoms with van der Waals surface area (Å²) >= 11 is 0. The molecule has 0 aromatic carbocycles. The summed E-state index contributed by atoms with van der Waals surface area (Å²) in [5, 5.41) is 3.29. The molecule has 2 heteroatoms. The van der Waals surface area contributed by atoms with Gasteiger partial charge < -0.3 is 5.32 Å². The molecule has 0 aliphatic heterocycles. The van der Waals surface area contributed by atoms with Crippen LogP contribution >= 0.6 is 0 Å². The van der Waals surface area contributed by atoms with Crippen molar-refractivity contribution >= 4 is 0 Å². The van der Waals surface area contributed by atoms with Gasteiger partial charge in [0.25, 0.3) is 0 Å². The minimum atomic E-state index is -0.208. The lowest BCUT2D eigenvalue weighted by atomic mass is 10.0. The Bertz CT molecular complexity index is 85.6. The minimum absolute atomic E-state index is 0.208. The zero-order valence-electron chi connectivity index (χ0n) is 7.86. The standard InChI is InChI=1S/C9H20FN/c1-4-8(2)9(3)11-7-5-6-10/h8-9,11H,4-7H2,1-3H3. The Morgan fingerprint density at radius 2 is 2.00 bits per heavy atom. The third-order valence-corrected chi connectivity index (χ3v) is 2.27. The molecule has 0 saturated carbocycles. The van der Waals surface area contributed by atoms with Crippen LogP contribution in [-0.2, 0) is 0 Å². The van der Waals surface area contributed by atoms with Gasteiger partial charge in [0.2, 0.25) is 0 Å². The Labute approximate surface area is 69.4 Å². The number of alkyl halides is 1. The molecule has 2 atom stereocenters. The monoisotopic (exact) mass is 161 g/mol. The normalized spacial score (nSPS) is 16.4. The summed E-state index contributed by atoms with van der Waals surface area (Å²) in [5.41, 5.74) is 0. The summed E-state index contributed by atoms with van der Waals surface area (Å²) < 4.78 is 11.7. The van der Waals surface area contributed by atoms with E-state index in [2.05, 4.69) is 26.1 Å². The van der Waals surface area contributed by atoms with Gasteiger partial charge in [-0.05, 0) is 25.8 Å². The largest absolute Gasteiger partial charge is 0.314 e. The van der Waals surface area contributed by atoms with E-state index >= 15 is 0 Å². The summed E-state index contributed by atoms with van der Waals surface area (Å²) in [6, 6.07) is 0.520. The van der Waals surface area contributed by atoms with Crippen LogP contribution in [0.25, 0.3) is 0 Å². The van der Waals surface area contributed by atoms with Crippen molar-refractivity contribution in [1.29, 1.82) is 0 Å². The van der Waals surface area contributed by atoms with Crippen molar-refractivity contribution in [2.75, 3.05) is 13.2 Å². The van der Waals surface area contributed by atoms with Crippen molar-refractivity contribution in [3.63, 3.8) is 0 Å². The zero-order valence-corrected chi connectivity index (χ0v) is 7.86. The Balaban J connectivity index is 3.28. The molecule has 1 nitrogen and oxygen atoms in total. The maximum atomic E-state index is 11.7. The van der Waals surface area contributed by atoms with E-state index in [4.69, 9.17) is 0 Å². The predicted molar refractivity (Wildman–Crippen MR) is 47.5 cm³/mol. The smallest absolute Gasteiger partial charge is 0.0906 e. The van der Waals surface area contributed by atoms with Crippen molar-refractivity contribution in [1.82, 2.24) is 5.32 Å². The second-order valence-electron chi connectivity index (χ2n) is 3.17. The highest BCUT2D eigenvalue weighted by Gasteiger charge is 2.07. The van der Waals surface area contributed by atoms with E-state index in [1.807, 2.05) is 0 Å². The van der Waals surface area contributed by atoms with Crippen LogP contribution in [0, 0.1) is 5.92 Å². The molecule has 1 N–H and O–H groups in total. The third-order valence-electron chi connectivity index (χ3n) is 2.27. The second-order valence-corrected chi connectivity index (χ2v) is 3.17. The first-order valence-corrected chi connectivity index (χ1v) is 4.51. The Morgan fingerprint density at radius 1 is 1.36 bits per heavy atom. The van der Waals surface area contributed by atoms with E-state index in [0.717, 1.165) is 6.54 Å². The van der Waals surface area contributed by atoms with Crippen molar-refractivity contribution in [3.8, 4) is 0 Å². The fraction of sp³-hybridized carbons (Fsp3) is 1.00. The molecular weight excluding hydrogens is 141 g/mol. The second kappa shape index (κ2) is 6.59. The molecule has 0 saturated heterocycles. The van der Waals surface area contributed by atoms with Crippen LogP contribution in [0.5, 0.6) is 0 Å². The molecule has 0 spiro atoms. The number of rotatable bonds is 6. The Hall–Kier alpha value is -0.110. The highest BCUT2D eigenvalue weighted by molar-refractivity contribution is 4.66. The first kappa shape index (κ1) is 10.9. The maximum Gasteiger partial charge on any atom is 0.0906 e. The van der Waals surface area contributed by atoms with E-state index in [-0.39, 0.29) is 6.67 Å². The van der Waals surface area contributed by atoms with Gasteiger partial charge in [-0.1, -0.05) is 20.3 Å². The Morgan fingerprint density at radius 3 is 2.45 bits per heavy atom.